The van der Waals surface area contributed by atoms with E-state index in [1.54, 1.807) is 6.92 Å². The third-order valence-electron chi connectivity index (χ3n) is 0.141. The van der Waals surface area contributed by atoms with Crippen molar-refractivity contribution in [3.05, 3.63) is 0 Å². The number of hydrogen-bond acceptors (Lipinski definition) is 1. The molecule has 0 atom stereocenters. The fraction of sp³-hybridized carbons (Fsp3) is 1.00. The summed E-state index contributed by atoms with van der Waals surface area (Å²) in [7, 11) is 0. The van der Waals surface area contributed by atoms with E-state index in [1.807, 2.05) is 0 Å². The summed E-state index contributed by atoms with van der Waals surface area (Å²) < 4.78 is 0. The van der Waals surface area contributed by atoms with Crippen molar-refractivity contribution in [3.8, 4) is 0 Å². The Labute approximate surface area is 25.4 Å². The van der Waals surface area contributed by atoms with E-state index in [0.29, 0.717) is 6.54 Å². The van der Waals surface area contributed by atoms with Gasteiger partial charge in [-0.15, -0.1) is 5.48 Å². The van der Waals surface area contributed by atoms with Gasteiger partial charge >= 0.3 is 0 Å². The highest BCUT2D eigenvalue weighted by molar-refractivity contribution is 4.04. The normalized spacial score (nSPS) is 7.50. The third-order valence-corrected chi connectivity index (χ3v) is 0.141. The van der Waals surface area contributed by atoms with Crippen LogP contribution >= 0.6 is 0 Å². The van der Waals surface area contributed by atoms with Gasteiger partial charge in [-0.3, -0.25) is 5.21 Å². The molecule has 2 heteroatoms. The largest absolute Gasteiger partial charge is 0.297 e. The smallest absolute Gasteiger partial charge is 0.0395 e. The molecule has 0 aromatic heterocycles. The molecule has 1 radical (unpaired) electrons. The minimum Gasteiger partial charge on any atom is -0.297 e. The molecule has 0 aliphatic carbocycles. The Hall–Kier alpha value is -0.0800. The van der Waals surface area contributed by atoms with Crippen LogP contribution in [0.4, 0.5) is 0 Å². The van der Waals surface area contributed by atoms with E-state index in [1.165, 1.54) is 0 Å². The van der Waals surface area contributed by atoms with Crippen LogP contribution in [0.15, 0.2) is 0 Å². The summed E-state index contributed by atoms with van der Waals surface area (Å²) in [6.07, 6.45) is 0. The van der Waals surface area contributed by atoms with Crippen LogP contribution in [0, 0.1) is 0 Å². The first-order valence-electron chi connectivity index (χ1n) is 1.22. The Bertz CT molecular complexity index is 8.00. The Morgan fingerprint density at radius 1 is 2.00 bits per heavy atom. The van der Waals surface area contributed by atoms with Crippen molar-refractivity contribution in [1.29, 1.82) is 0 Å². The Balaban J connectivity index is 1.97. The van der Waals surface area contributed by atoms with Crippen LogP contribution in [0.2, 0.25) is 0 Å². The van der Waals surface area contributed by atoms with Gasteiger partial charge in [0.25, 0.3) is 0 Å². The SMILES string of the molecule is CC[N]O. The molecule has 0 fully saturated rings. The standard InChI is InChI=1S/C2H6NO/c1-2-3-4/h4H,2H2,1H3. The lowest BCUT2D eigenvalue weighted by Crippen LogP contribution is -1.91. The van der Waals surface area contributed by atoms with Gasteiger partial charge in [-0.1, -0.05) is 0 Å². The fourth-order valence-corrected chi connectivity index (χ4v) is 0. The molecule has 0 aromatic carbocycles. The molecule has 0 spiro atoms. The van der Waals surface area contributed by atoms with E-state index in [-0.39, 0.29) is 0 Å². The van der Waals surface area contributed by atoms with Crippen molar-refractivity contribution < 1.29 is 5.21 Å². The summed E-state index contributed by atoms with van der Waals surface area (Å²) in [5, 5.41) is 7.50. The maximum absolute atomic E-state index is 7.50. The first kappa shape index (κ1) is 3.92. The molecule has 0 saturated carbocycles. The Morgan fingerprint density at radius 2 is 2.25 bits per heavy atom. The highest BCUT2D eigenvalue weighted by atomic mass is 16.5. The van der Waals surface area contributed by atoms with E-state index < -0.39 is 0 Å². The molecule has 25 valence electrons. The molecule has 0 heterocycles. The van der Waals surface area contributed by atoms with Crippen molar-refractivity contribution in [1.82, 2.24) is 5.48 Å². The van der Waals surface area contributed by atoms with Gasteiger partial charge in [0, 0.05) is 6.54 Å². The van der Waals surface area contributed by atoms with Crippen molar-refractivity contribution in [3.63, 3.8) is 0 Å². The second-order valence-corrected chi connectivity index (χ2v) is 0.458. The van der Waals surface area contributed by atoms with Crippen molar-refractivity contribution in [2.75, 3.05) is 6.54 Å². The van der Waals surface area contributed by atoms with E-state index >= 15 is 0 Å². The average Bonchev–Trinajstić information content (AvgIpc) is 1.37. The Kier molecular flexibility index (Phi) is 2.86. The van der Waals surface area contributed by atoms with Crippen LogP contribution in [0.25, 0.3) is 0 Å². The van der Waals surface area contributed by atoms with Crippen LogP contribution in [-0.2, 0) is 0 Å². The maximum atomic E-state index is 7.50. The lowest BCUT2D eigenvalue weighted by molar-refractivity contribution is 0.162. The van der Waals surface area contributed by atoms with Gasteiger partial charge in [-0.25, -0.2) is 0 Å². The van der Waals surface area contributed by atoms with Gasteiger partial charge in [0.2, 0.25) is 0 Å². The molecule has 0 aliphatic rings. The Morgan fingerprint density at radius 3 is 2.25 bits per heavy atom. The maximum Gasteiger partial charge on any atom is 0.0395 e. The van der Waals surface area contributed by atoms with E-state index in [9.17, 15) is 0 Å². The predicted molar refractivity (Wildman–Crippen MR) is 14.5 cm³/mol. The molecule has 2 nitrogen and oxygen atoms in total. The van der Waals surface area contributed by atoms with E-state index in [2.05, 4.69) is 5.48 Å². The van der Waals surface area contributed by atoms with E-state index in [4.69, 9.17) is 5.21 Å². The lowest BCUT2D eigenvalue weighted by atomic mass is 10.8. The average molecular weight is 60.1 g/mol. The van der Waals surface area contributed by atoms with Crippen molar-refractivity contribution >= 4 is 0 Å². The minimum atomic E-state index is 0.500. The highest BCUT2D eigenvalue weighted by Gasteiger charge is 1.56. The fourth-order valence-electron chi connectivity index (χ4n) is 0. The van der Waals surface area contributed by atoms with Crippen LogP contribution in [0.5, 0.6) is 0 Å². The highest BCUT2D eigenvalue weighted by Crippen LogP contribution is 1.39. The molecule has 0 aromatic rings. The quantitative estimate of drug-likeness (QED) is 0.425. The molecular formula is C2H6NO. The molecule has 0 amide bonds. The first-order valence-corrected chi connectivity index (χ1v) is 1.22. The molecule has 0 bridgehead atoms. The second kappa shape index (κ2) is 2.92. The molecule has 4 heavy (non-hydrogen) atoms. The topological polar surface area (TPSA) is 34.3 Å². The summed E-state index contributed by atoms with van der Waals surface area (Å²) in [6.45, 7) is 2.26. The van der Waals surface area contributed by atoms with Gasteiger partial charge in [-0.05, 0) is 6.92 Å². The molecular weight excluding hydrogens is 54.0 g/mol. The van der Waals surface area contributed by atoms with Gasteiger partial charge < -0.3 is 0 Å². The lowest BCUT2D eigenvalue weighted by Gasteiger charge is -1.70. The zero-order valence-corrected chi connectivity index (χ0v) is 2.60. The monoisotopic (exact) mass is 60.0 g/mol. The zero-order valence-electron chi connectivity index (χ0n) is 2.60. The number of nitrogens with zero attached hydrogens (tertiary/aromatic N) is 1. The van der Waals surface area contributed by atoms with Crippen LogP contribution < -0.4 is 5.48 Å². The van der Waals surface area contributed by atoms with Crippen molar-refractivity contribution in [2.24, 2.45) is 0 Å². The van der Waals surface area contributed by atoms with Crippen LogP contribution in [0.3, 0.4) is 0 Å². The summed E-state index contributed by atoms with van der Waals surface area (Å²) in [4.78, 5) is 0. The number of hydrogen-bond donors (Lipinski definition) is 1. The number of rotatable bonds is 1. The van der Waals surface area contributed by atoms with Crippen LogP contribution in [0.1, 0.15) is 6.92 Å². The van der Waals surface area contributed by atoms with Gasteiger partial charge in [-0.2, -0.15) is 0 Å². The first-order chi connectivity index (χ1) is 1.91. The van der Waals surface area contributed by atoms with Crippen molar-refractivity contribution in [2.45, 2.75) is 6.92 Å². The van der Waals surface area contributed by atoms with Crippen LogP contribution in [-0.4, -0.2) is 11.8 Å². The zero-order chi connectivity index (χ0) is 3.41. The summed E-state index contributed by atoms with van der Waals surface area (Å²) in [6, 6.07) is 0. The van der Waals surface area contributed by atoms with E-state index in [0.717, 1.165) is 0 Å². The molecule has 0 unspecified atom stereocenters. The molecule has 0 rings (SSSR count). The third kappa shape index (κ3) is 1.92. The minimum absolute atomic E-state index is 0.500. The summed E-state index contributed by atoms with van der Waals surface area (Å²) in [5.74, 6) is 0. The summed E-state index contributed by atoms with van der Waals surface area (Å²) in [5.41, 5.74) is 2.74. The summed E-state index contributed by atoms with van der Waals surface area (Å²) >= 11 is 0. The molecule has 0 aliphatic heterocycles. The molecule has 0 saturated heterocycles. The molecule has 1 N–H and O–H groups in total. The van der Waals surface area contributed by atoms with Gasteiger partial charge in [0.15, 0.2) is 0 Å². The predicted octanol–water partition coefficient (Wildman–Crippen LogP) is -0.000100. The number of hydroxylamine groups is 1. The van der Waals surface area contributed by atoms with Gasteiger partial charge in [0.05, 0.1) is 0 Å². The van der Waals surface area contributed by atoms with Gasteiger partial charge in [0.1, 0.15) is 0 Å². The second-order valence-electron chi connectivity index (χ2n) is 0.458.